The zero-order chi connectivity index (χ0) is 24.0. The number of ketones is 2. The average Bonchev–Trinajstić information content (AvgIpc) is 2.83. The molecule has 3 aromatic carbocycles. The van der Waals surface area contributed by atoms with Gasteiger partial charge in [-0.2, -0.15) is 0 Å². The lowest BCUT2D eigenvalue weighted by Gasteiger charge is -2.19. The molecule has 1 unspecified atom stereocenters. The fraction of sp³-hybridized carbons (Fsp3) is 0.192. The molecule has 0 heterocycles. The number of benzene rings is 3. The minimum Gasteiger partial charge on any atom is -0.496 e. The molecule has 0 aliphatic heterocycles. The highest BCUT2D eigenvalue weighted by molar-refractivity contribution is 6.03. The number of hydrogen-bond acceptors (Lipinski definition) is 5. The Kier molecular flexibility index (Phi) is 7.56. The topological polar surface area (TPSA) is 89.9 Å². The summed E-state index contributed by atoms with van der Waals surface area (Å²) in [5.74, 6) is -2.13. The summed E-state index contributed by atoms with van der Waals surface area (Å²) >= 11 is 0. The molecule has 0 aromatic heterocycles. The van der Waals surface area contributed by atoms with Crippen molar-refractivity contribution >= 4 is 17.5 Å². The van der Waals surface area contributed by atoms with Crippen molar-refractivity contribution < 1.29 is 33.4 Å². The number of halogens is 1. The molecule has 0 spiro atoms. The molecule has 33 heavy (non-hydrogen) atoms. The SMILES string of the molecule is COc1cccc(OC)c1C(=O)CC(CC(=O)c1ccc(F)cc1)c1cccc(C(=O)O)c1. The number of methoxy groups -OCH3 is 2. The van der Waals surface area contributed by atoms with Gasteiger partial charge in [0.2, 0.25) is 0 Å². The maximum atomic E-state index is 13.3. The first-order chi connectivity index (χ1) is 15.8. The zero-order valence-corrected chi connectivity index (χ0v) is 18.2. The van der Waals surface area contributed by atoms with E-state index in [4.69, 9.17) is 9.47 Å². The fourth-order valence-corrected chi connectivity index (χ4v) is 3.66. The molecule has 0 aliphatic carbocycles. The van der Waals surface area contributed by atoms with E-state index in [1.165, 1.54) is 50.6 Å². The summed E-state index contributed by atoms with van der Waals surface area (Å²) in [7, 11) is 2.88. The van der Waals surface area contributed by atoms with Crippen molar-refractivity contribution in [3.05, 3.63) is 94.8 Å². The largest absolute Gasteiger partial charge is 0.496 e. The van der Waals surface area contributed by atoms with Gasteiger partial charge < -0.3 is 14.6 Å². The third-order valence-corrected chi connectivity index (χ3v) is 5.34. The van der Waals surface area contributed by atoms with Crippen LogP contribution in [0.2, 0.25) is 0 Å². The van der Waals surface area contributed by atoms with E-state index in [0.29, 0.717) is 22.6 Å². The van der Waals surface area contributed by atoms with Crippen LogP contribution in [0, 0.1) is 5.82 Å². The molecule has 0 radical (unpaired) electrons. The third kappa shape index (κ3) is 5.63. The number of carboxylic acids is 1. The monoisotopic (exact) mass is 450 g/mol. The van der Waals surface area contributed by atoms with Crippen LogP contribution in [-0.2, 0) is 0 Å². The lowest BCUT2D eigenvalue weighted by Crippen LogP contribution is -2.14. The van der Waals surface area contributed by atoms with Crippen LogP contribution >= 0.6 is 0 Å². The molecule has 3 aromatic rings. The van der Waals surface area contributed by atoms with Crippen LogP contribution in [0.15, 0.2) is 66.7 Å². The van der Waals surface area contributed by atoms with Gasteiger partial charge in [-0.15, -0.1) is 0 Å². The average molecular weight is 450 g/mol. The highest BCUT2D eigenvalue weighted by Gasteiger charge is 2.26. The molecule has 7 heteroatoms. The molecule has 3 rings (SSSR count). The highest BCUT2D eigenvalue weighted by Crippen LogP contribution is 2.34. The number of carbonyl (C=O) groups excluding carboxylic acids is 2. The van der Waals surface area contributed by atoms with Gasteiger partial charge in [-0.05, 0) is 60.0 Å². The fourth-order valence-electron chi connectivity index (χ4n) is 3.66. The molecule has 0 aliphatic rings. The van der Waals surface area contributed by atoms with E-state index in [1.54, 1.807) is 30.3 Å². The summed E-state index contributed by atoms with van der Waals surface area (Å²) in [6.45, 7) is 0. The van der Waals surface area contributed by atoms with E-state index in [2.05, 4.69) is 0 Å². The van der Waals surface area contributed by atoms with Gasteiger partial charge >= 0.3 is 5.97 Å². The molecule has 0 saturated carbocycles. The Morgan fingerprint density at radius 1 is 0.818 bits per heavy atom. The molecular formula is C26H23FO6. The molecule has 6 nitrogen and oxygen atoms in total. The van der Waals surface area contributed by atoms with Crippen molar-refractivity contribution in [3.63, 3.8) is 0 Å². The van der Waals surface area contributed by atoms with E-state index in [9.17, 15) is 23.9 Å². The number of carboxylic acid groups (broad SMARTS) is 1. The Labute approximate surface area is 190 Å². The van der Waals surface area contributed by atoms with Gasteiger partial charge in [0.15, 0.2) is 11.6 Å². The Balaban J connectivity index is 1.98. The predicted octanol–water partition coefficient (Wildman–Crippen LogP) is 5.17. The van der Waals surface area contributed by atoms with Gasteiger partial charge in [0.05, 0.1) is 19.8 Å². The second-order valence-corrected chi connectivity index (χ2v) is 7.43. The van der Waals surface area contributed by atoms with Crippen LogP contribution in [-0.4, -0.2) is 36.9 Å². The Hall–Kier alpha value is -4.00. The van der Waals surface area contributed by atoms with Gasteiger partial charge in [-0.3, -0.25) is 9.59 Å². The Morgan fingerprint density at radius 3 is 1.97 bits per heavy atom. The third-order valence-electron chi connectivity index (χ3n) is 5.34. The van der Waals surface area contributed by atoms with Gasteiger partial charge in [0.1, 0.15) is 22.9 Å². The normalized spacial score (nSPS) is 11.5. The minimum atomic E-state index is -1.11. The van der Waals surface area contributed by atoms with Crippen molar-refractivity contribution in [1.82, 2.24) is 0 Å². The first-order valence-electron chi connectivity index (χ1n) is 10.2. The lowest BCUT2D eigenvalue weighted by atomic mass is 9.85. The van der Waals surface area contributed by atoms with Crippen LogP contribution in [0.4, 0.5) is 4.39 Å². The first kappa shape index (κ1) is 23.7. The van der Waals surface area contributed by atoms with Crippen molar-refractivity contribution in [2.75, 3.05) is 14.2 Å². The van der Waals surface area contributed by atoms with Crippen LogP contribution in [0.3, 0.4) is 0 Å². The molecule has 0 saturated heterocycles. The predicted molar refractivity (Wildman–Crippen MR) is 120 cm³/mol. The molecular weight excluding hydrogens is 427 g/mol. The minimum absolute atomic E-state index is 0.0500. The van der Waals surface area contributed by atoms with Gasteiger partial charge in [0.25, 0.3) is 0 Å². The summed E-state index contributed by atoms with van der Waals surface area (Å²) in [5.41, 5.74) is 1.14. The number of Topliss-reactive ketones (excluding diaryl/α,β-unsaturated/α-hetero) is 2. The van der Waals surface area contributed by atoms with E-state index < -0.39 is 17.7 Å². The smallest absolute Gasteiger partial charge is 0.335 e. The van der Waals surface area contributed by atoms with Crippen molar-refractivity contribution in [1.29, 1.82) is 0 Å². The molecule has 0 bridgehead atoms. The van der Waals surface area contributed by atoms with Crippen LogP contribution in [0.5, 0.6) is 11.5 Å². The summed E-state index contributed by atoms with van der Waals surface area (Å²) in [6.07, 6.45) is -0.162. The zero-order valence-electron chi connectivity index (χ0n) is 18.2. The molecule has 0 amide bonds. The first-order valence-corrected chi connectivity index (χ1v) is 10.2. The molecule has 1 N–H and O–H groups in total. The van der Waals surface area contributed by atoms with Crippen LogP contribution < -0.4 is 9.47 Å². The summed E-state index contributed by atoms with van der Waals surface area (Å²) in [5, 5.41) is 9.37. The van der Waals surface area contributed by atoms with Crippen molar-refractivity contribution in [2.45, 2.75) is 18.8 Å². The number of rotatable bonds is 10. The maximum Gasteiger partial charge on any atom is 0.335 e. The van der Waals surface area contributed by atoms with Gasteiger partial charge in [-0.1, -0.05) is 18.2 Å². The van der Waals surface area contributed by atoms with E-state index in [0.717, 1.165) is 0 Å². The second-order valence-electron chi connectivity index (χ2n) is 7.43. The number of aromatic carboxylic acids is 1. The molecule has 170 valence electrons. The maximum absolute atomic E-state index is 13.3. The van der Waals surface area contributed by atoms with Crippen LogP contribution in [0.25, 0.3) is 0 Å². The summed E-state index contributed by atoms with van der Waals surface area (Å²) in [6, 6.07) is 16.3. The lowest BCUT2D eigenvalue weighted by molar-refractivity contribution is 0.0696. The number of carbonyl (C=O) groups is 3. The van der Waals surface area contributed by atoms with E-state index >= 15 is 0 Å². The van der Waals surface area contributed by atoms with Crippen LogP contribution in [0.1, 0.15) is 55.4 Å². The summed E-state index contributed by atoms with van der Waals surface area (Å²) < 4.78 is 23.9. The molecule has 0 fully saturated rings. The summed E-state index contributed by atoms with van der Waals surface area (Å²) in [4.78, 5) is 37.7. The van der Waals surface area contributed by atoms with Gasteiger partial charge in [0, 0.05) is 18.4 Å². The van der Waals surface area contributed by atoms with E-state index in [1.807, 2.05) is 0 Å². The second kappa shape index (κ2) is 10.5. The van der Waals surface area contributed by atoms with Gasteiger partial charge in [-0.25, -0.2) is 9.18 Å². The van der Waals surface area contributed by atoms with Crippen molar-refractivity contribution in [2.24, 2.45) is 0 Å². The number of hydrogen-bond donors (Lipinski definition) is 1. The quantitative estimate of drug-likeness (QED) is 0.429. The number of ether oxygens (including phenoxy) is 2. The van der Waals surface area contributed by atoms with E-state index in [-0.39, 0.29) is 35.5 Å². The Bertz CT molecular complexity index is 1150. The highest BCUT2D eigenvalue weighted by atomic mass is 19.1. The standard InChI is InChI=1S/C26H23FO6/c1-32-23-7-4-8-24(33-2)25(23)22(29)15-19(17-5-3-6-18(13-17)26(30)31)14-21(28)16-9-11-20(27)12-10-16/h3-13,19H,14-15H2,1-2H3,(H,30,31). The Morgan fingerprint density at radius 2 is 1.39 bits per heavy atom. The molecule has 1 atom stereocenters. The van der Waals surface area contributed by atoms with Crippen molar-refractivity contribution in [3.8, 4) is 11.5 Å².